The smallest absolute Gasteiger partial charge is 0.271 e. The zero-order valence-electron chi connectivity index (χ0n) is 13.4. The lowest BCUT2D eigenvalue weighted by atomic mass is 10.2. The molecule has 0 atom stereocenters. The molecule has 0 aliphatic carbocycles. The average Bonchev–Trinajstić information content (AvgIpc) is 3.08. The topological polar surface area (TPSA) is 93.2 Å². The summed E-state index contributed by atoms with van der Waals surface area (Å²) in [5.41, 5.74) is 2.27. The predicted molar refractivity (Wildman–Crippen MR) is 91.7 cm³/mol. The molecule has 2 N–H and O–H groups in total. The molecule has 3 rings (SSSR count). The number of H-pyrrole nitrogens is 1. The van der Waals surface area contributed by atoms with Crippen molar-refractivity contribution in [2.45, 2.75) is 13.8 Å². The van der Waals surface area contributed by atoms with Gasteiger partial charge in [-0.1, -0.05) is 0 Å². The van der Waals surface area contributed by atoms with Crippen LogP contribution in [0.2, 0.25) is 0 Å². The monoisotopic (exact) mass is 344 g/mol. The van der Waals surface area contributed by atoms with Gasteiger partial charge in [-0.05, 0) is 50.3 Å². The molecule has 0 unspecified atom stereocenters. The number of hydrogen-bond donors (Lipinski definition) is 2. The number of nitrogens with zero attached hydrogens (tertiary/aromatic N) is 5. The summed E-state index contributed by atoms with van der Waals surface area (Å²) in [6.45, 7) is 3.81. The van der Waals surface area contributed by atoms with Crippen LogP contribution in [0.5, 0.6) is 11.5 Å². The van der Waals surface area contributed by atoms with Crippen molar-refractivity contribution in [3.8, 4) is 17.4 Å². The molecule has 0 saturated carbocycles. The largest absolute Gasteiger partial charge is 0.507 e. The Balaban J connectivity index is 2.04. The van der Waals surface area contributed by atoms with Crippen LogP contribution in [0.1, 0.15) is 17.0 Å². The number of hydrogen-bond acceptors (Lipinski definition) is 6. The molecule has 124 valence electrons. The first kappa shape index (κ1) is 15.9. The van der Waals surface area contributed by atoms with E-state index in [0.717, 1.165) is 11.4 Å². The van der Waals surface area contributed by atoms with Crippen LogP contribution in [0.15, 0.2) is 29.4 Å². The van der Waals surface area contributed by atoms with Crippen molar-refractivity contribution in [3.05, 3.63) is 46.0 Å². The Hall–Kier alpha value is -2.94. The Labute approximate surface area is 143 Å². The molecule has 2 aromatic heterocycles. The second-order valence-electron chi connectivity index (χ2n) is 5.15. The maximum absolute atomic E-state index is 9.94. The maximum atomic E-state index is 9.94. The van der Waals surface area contributed by atoms with Gasteiger partial charge in [-0.3, -0.25) is 0 Å². The van der Waals surface area contributed by atoms with Crippen molar-refractivity contribution < 1.29 is 9.84 Å². The van der Waals surface area contributed by atoms with Gasteiger partial charge >= 0.3 is 0 Å². The van der Waals surface area contributed by atoms with Gasteiger partial charge in [-0.25, -0.2) is 9.78 Å². The highest BCUT2D eigenvalue weighted by Gasteiger charge is 2.12. The summed E-state index contributed by atoms with van der Waals surface area (Å²) in [5, 5.41) is 25.5. The van der Waals surface area contributed by atoms with Gasteiger partial charge < -0.3 is 9.84 Å². The van der Waals surface area contributed by atoms with E-state index in [1.807, 2.05) is 19.9 Å². The van der Waals surface area contributed by atoms with Crippen LogP contribution >= 0.6 is 12.2 Å². The van der Waals surface area contributed by atoms with Gasteiger partial charge in [-0.15, -0.1) is 5.10 Å². The molecule has 1 aromatic carbocycles. The molecule has 2 heterocycles. The van der Waals surface area contributed by atoms with Crippen molar-refractivity contribution in [1.29, 1.82) is 0 Å². The summed E-state index contributed by atoms with van der Waals surface area (Å²) >= 11 is 5.22. The molecular weight excluding hydrogens is 328 g/mol. The average molecular weight is 344 g/mol. The van der Waals surface area contributed by atoms with Gasteiger partial charge in [0.2, 0.25) is 4.77 Å². The van der Waals surface area contributed by atoms with Crippen LogP contribution in [0, 0.1) is 18.6 Å². The molecule has 0 aliphatic heterocycles. The maximum Gasteiger partial charge on any atom is 0.271 e. The van der Waals surface area contributed by atoms with Crippen molar-refractivity contribution in [2.24, 2.45) is 5.10 Å². The molecule has 0 bridgehead atoms. The van der Waals surface area contributed by atoms with Crippen molar-refractivity contribution >= 4 is 18.4 Å². The number of benzene rings is 1. The summed E-state index contributed by atoms with van der Waals surface area (Å²) in [4.78, 5) is 0. The molecule has 0 spiro atoms. The van der Waals surface area contributed by atoms with Crippen LogP contribution < -0.4 is 4.74 Å². The van der Waals surface area contributed by atoms with E-state index in [2.05, 4.69) is 20.4 Å². The number of phenols is 1. The highest BCUT2D eigenvalue weighted by Crippen LogP contribution is 2.21. The number of aromatic nitrogens is 5. The summed E-state index contributed by atoms with van der Waals surface area (Å²) in [6, 6.07) is 6.80. The fourth-order valence-corrected chi connectivity index (χ4v) is 2.41. The third kappa shape index (κ3) is 2.93. The highest BCUT2D eigenvalue weighted by molar-refractivity contribution is 7.71. The molecular formula is C15H16N6O2S. The molecule has 0 amide bonds. The van der Waals surface area contributed by atoms with E-state index in [4.69, 9.17) is 17.0 Å². The van der Waals surface area contributed by atoms with Gasteiger partial charge in [0.05, 0.1) is 19.0 Å². The summed E-state index contributed by atoms with van der Waals surface area (Å²) in [7, 11) is 1.56. The minimum atomic E-state index is 0.0854. The van der Waals surface area contributed by atoms with Gasteiger partial charge in [0.15, 0.2) is 0 Å². The van der Waals surface area contributed by atoms with Crippen LogP contribution in [0.25, 0.3) is 5.95 Å². The standard InChI is InChI=1S/C15H16N6O2S/c1-9-6-10(2)20(19-9)14-17-18-15(24)21(14)16-8-11-7-12(23-3)4-5-13(11)22/h4-8,22H,1-3H3,(H,18,24)/b16-8+. The van der Waals surface area contributed by atoms with Gasteiger partial charge in [0, 0.05) is 11.3 Å². The van der Waals surface area contributed by atoms with Gasteiger partial charge in [0.25, 0.3) is 5.95 Å². The van der Waals surface area contributed by atoms with Crippen LogP contribution in [0.3, 0.4) is 0 Å². The van der Waals surface area contributed by atoms with E-state index in [0.29, 0.717) is 22.0 Å². The fourth-order valence-electron chi connectivity index (χ4n) is 2.24. The Kier molecular flexibility index (Phi) is 4.17. The van der Waals surface area contributed by atoms with Crippen molar-refractivity contribution in [3.63, 3.8) is 0 Å². The van der Waals surface area contributed by atoms with E-state index in [9.17, 15) is 5.11 Å². The lowest BCUT2D eigenvalue weighted by Crippen LogP contribution is -2.07. The van der Waals surface area contributed by atoms with Crippen molar-refractivity contribution in [2.75, 3.05) is 7.11 Å². The number of nitrogens with one attached hydrogen (secondary N) is 1. The normalized spacial score (nSPS) is 11.3. The summed E-state index contributed by atoms with van der Waals surface area (Å²) in [5.74, 6) is 1.13. The molecule has 3 aromatic rings. The van der Waals surface area contributed by atoms with Crippen LogP contribution in [-0.4, -0.2) is 43.1 Å². The predicted octanol–water partition coefficient (Wildman–Crippen LogP) is 2.34. The second-order valence-corrected chi connectivity index (χ2v) is 5.54. The number of aromatic amines is 1. The summed E-state index contributed by atoms with van der Waals surface area (Å²) < 4.78 is 8.55. The molecule has 0 saturated heterocycles. The highest BCUT2D eigenvalue weighted by atomic mass is 32.1. The van der Waals surface area contributed by atoms with Crippen LogP contribution in [-0.2, 0) is 0 Å². The third-order valence-corrected chi connectivity index (χ3v) is 3.64. The summed E-state index contributed by atoms with van der Waals surface area (Å²) in [6.07, 6.45) is 1.48. The SMILES string of the molecule is COc1ccc(O)c(/C=N/n2c(-n3nc(C)cc3C)n[nH]c2=S)c1. The fraction of sp³-hybridized carbons (Fsp3) is 0.200. The van der Waals surface area contributed by atoms with Gasteiger partial charge in [-0.2, -0.15) is 14.9 Å². The first-order chi connectivity index (χ1) is 11.5. The zero-order valence-corrected chi connectivity index (χ0v) is 14.2. The first-order valence-electron chi connectivity index (χ1n) is 7.12. The molecule has 8 nitrogen and oxygen atoms in total. The quantitative estimate of drug-likeness (QED) is 0.560. The molecule has 9 heteroatoms. The lowest BCUT2D eigenvalue weighted by molar-refractivity contribution is 0.412. The van der Waals surface area contributed by atoms with E-state index in [-0.39, 0.29) is 5.75 Å². The van der Waals surface area contributed by atoms with Crippen molar-refractivity contribution in [1.82, 2.24) is 24.7 Å². The van der Waals surface area contributed by atoms with E-state index >= 15 is 0 Å². The molecule has 0 aliphatic rings. The molecule has 24 heavy (non-hydrogen) atoms. The van der Waals surface area contributed by atoms with E-state index in [1.54, 1.807) is 23.9 Å². The van der Waals surface area contributed by atoms with Gasteiger partial charge in [0.1, 0.15) is 11.5 Å². The number of ether oxygens (including phenoxy) is 1. The zero-order chi connectivity index (χ0) is 17.3. The Morgan fingerprint density at radius 3 is 2.79 bits per heavy atom. The minimum Gasteiger partial charge on any atom is -0.507 e. The Bertz CT molecular complexity index is 969. The minimum absolute atomic E-state index is 0.0854. The molecule has 0 fully saturated rings. The van der Waals surface area contributed by atoms with E-state index in [1.165, 1.54) is 17.0 Å². The van der Waals surface area contributed by atoms with E-state index < -0.39 is 0 Å². The number of methoxy groups -OCH3 is 1. The Morgan fingerprint density at radius 1 is 1.33 bits per heavy atom. The number of rotatable bonds is 4. The third-order valence-electron chi connectivity index (χ3n) is 3.38. The number of aryl methyl sites for hydroxylation is 2. The second kappa shape index (κ2) is 6.28. The molecule has 0 radical (unpaired) electrons. The number of aromatic hydroxyl groups is 1. The number of phenolic OH excluding ortho intramolecular Hbond substituents is 1. The lowest BCUT2D eigenvalue weighted by Gasteiger charge is -2.04. The van der Waals surface area contributed by atoms with Crippen LogP contribution in [0.4, 0.5) is 0 Å². The first-order valence-corrected chi connectivity index (χ1v) is 7.53. The Morgan fingerprint density at radius 2 is 2.12 bits per heavy atom.